The van der Waals surface area contributed by atoms with Gasteiger partial charge in [-0.3, -0.25) is 4.79 Å². The lowest BCUT2D eigenvalue weighted by molar-refractivity contribution is 0.102. The van der Waals surface area contributed by atoms with Gasteiger partial charge in [-0.15, -0.1) is 0 Å². The van der Waals surface area contributed by atoms with E-state index in [1.54, 1.807) is 42.1 Å². The van der Waals surface area contributed by atoms with Crippen molar-refractivity contribution in [3.63, 3.8) is 0 Å². The monoisotopic (exact) mass is 453 g/mol. The van der Waals surface area contributed by atoms with Gasteiger partial charge in [-0.1, -0.05) is 40.2 Å². The van der Waals surface area contributed by atoms with Crippen molar-refractivity contribution in [1.82, 2.24) is 19.6 Å². The zero-order chi connectivity index (χ0) is 20.4. The van der Waals surface area contributed by atoms with Gasteiger partial charge in [0.1, 0.15) is 17.3 Å². The lowest BCUT2D eigenvalue weighted by Gasteiger charge is -2.10. The SMILES string of the molecule is Cc1c(C(=O)Nc2ccnn2Cc2ccc(Br)cc2)cnn1-c1ccccc1F. The zero-order valence-corrected chi connectivity index (χ0v) is 17.1. The van der Waals surface area contributed by atoms with E-state index < -0.39 is 5.82 Å². The molecule has 0 aliphatic rings. The van der Waals surface area contributed by atoms with Crippen LogP contribution in [0.5, 0.6) is 0 Å². The number of para-hydroxylation sites is 1. The smallest absolute Gasteiger partial charge is 0.260 e. The average molecular weight is 454 g/mol. The van der Waals surface area contributed by atoms with Crippen molar-refractivity contribution >= 4 is 27.7 Å². The fourth-order valence-electron chi connectivity index (χ4n) is 3.01. The molecule has 29 heavy (non-hydrogen) atoms. The summed E-state index contributed by atoms with van der Waals surface area (Å²) in [5.74, 6) is -0.170. The molecule has 2 aromatic heterocycles. The number of rotatable bonds is 5. The van der Waals surface area contributed by atoms with Gasteiger partial charge in [-0.2, -0.15) is 10.2 Å². The summed E-state index contributed by atoms with van der Waals surface area (Å²) in [5.41, 5.74) is 2.26. The van der Waals surface area contributed by atoms with E-state index in [9.17, 15) is 9.18 Å². The van der Waals surface area contributed by atoms with Gasteiger partial charge in [0.15, 0.2) is 0 Å². The highest BCUT2D eigenvalue weighted by atomic mass is 79.9. The second kappa shape index (κ2) is 8.00. The Morgan fingerprint density at radius 3 is 2.62 bits per heavy atom. The van der Waals surface area contributed by atoms with E-state index >= 15 is 0 Å². The molecule has 4 aromatic rings. The third kappa shape index (κ3) is 3.97. The standard InChI is InChI=1S/C21H17BrFN5O/c1-14-17(12-25-28(14)19-5-3-2-4-18(19)23)21(29)26-20-10-11-24-27(20)13-15-6-8-16(22)9-7-15/h2-12H,13H2,1H3,(H,26,29). The molecule has 0 radical (unpaired) electrons. The Hall–Kier alpha value is -3.26. The summed E-state index contributed by atoms with van der Waals surface area (Å²) in [5, 5.41) is 11.3. The summed E-state index contributed by atoms with van der Waals surface area (Å²) in [6, 6.07) is 15.9. The number of hydrogen-bond donors (Lipinski definition) is 1. The molecule has 0 aliphatic heterocycles. The summed E-state index contributed by atoms with van der Waals surface area (Å²) in [6.45, 7) is 2.25. The first kappa shape index (κ1) is 19.1. The minimum absolute atomic E-state index is 0.296. The number of hydrogen-bond acceptors (Lipinski definition) is 3. The molecule has 0 saturated carbocycles. The Labute approximate surface area is 175 Å². The molecule has 0 aliphatic carbocycles. The fourth-order valence-corrected chi connectivity index (χ4v) is 3.27. The number of anilines is 1. The molecular weight excluding hydrogens is 437 g/mol. The van der Waals surface area contributed by atoms with Crippen LogP contribution in [0, 0.1) is 12.7 Å². The lowest BCUT2D eigenvalue weighted by atomic mass is 10.2. The summed E-state index contributed by atoms with van der Waals surface area (Å²) >= 11 is 3.42. The van der Waals surface area contributed by atoms with Gasteiger partial charge in [0.2, 0.25) is 0 Å². The van der Waals surface area contributed by atoms with Crippen LogP contribution in [0.25, 0.3) is 5.69 Å². The molecule has 4 rings (SSSR count). The van der Waals surface area contributed by atoms with E-state index in [4.69, 9.17) is 0 Å². The molecule has 0 fully saturated rings. The lowest BCUT2D eigenvalue weighted by Crippen LogP contribution is -2.17. The van der Waals surface area contributed by atoms with E-state index in [-0.39, 0.29) is 5.91 Å². The number of amides is 1. The summed E-state index contributed by atoms with van der Waals surface area (Å²) < 4.78 is 18.2. The van der Waals surface area contributed by atoms with Crippen molar-refractivity contribution in [2.24, 2.45) is 0 Å². The van der Waals surface area contributed by atoms with Crippen LogP contribution < -0.4 is 5.32 Å². The third-order valence-corrected chi connectivity index (χ3v) is 5.07. The first-order valence-electron chi connectivity index (χ1n) is 8.90. The van der Waals surface area contributed by atoms with E-state index in [0.29, 0.717) is 29.3 Å². The number of nitrogens with zero attached hydrogens (tertiary/aromatic N) is 4. The van der Waals surface area contributed by atoms with Gasteiger partial charge < -0.3 is 5.32 Å². The molecule has 8 heteroatoms. The van der Waals surface area contributed by atoms with Crippen molar-refractivity contribution in [2.45, 2.75) is 13.5 Å². The molecule has 0 bridgehead atoms. The van der Waals surface area contributed by atoms with Crippen LogP contribution in [0.2, 0.25) is 0 Å². The van der Waals surface area contributed by atoms with Crippen LogP contribution in [-0.4, -0.2) is 25.5 Å². The Morgan fingerprint density at radius 1 is 1.10 bits per heavy atom. The number of carbonyl (C=O) groups excluding carboxylic acids is 1. The molecular formula is C21H17BrFN5O. The molecule has 0 saturated heterocycles. The molecule has 0 spiro atoms. The predicted octanol–water partition coefficient (Wildman–Crippen LogP) is 4.58. The van der Waals surface area contributed by atoms with Gasteiger partial charge in [0.05, 0.1) is 30.2 Å². The van der Waals surface area contributed by atoms with Crippen LogP contribution in [0.1, 0.15) is 21.6 Å². The normalized spacial score (nSPS) is 10.9. The Balaban J connectivity index is 1.55. The second-order valence-electron chi connectivity index (χ2n) is 6.46. The molecule has 2 heterocycles. The Morgan fingerprint density at radius 2 is 1.86 bits per heavy atom. The Kier molecular flexibility index (Phi) is 5.26. The Bertz CT molecular complexity index is 1170. The average Bonchev–Trinajstić information content (AvgIpc) is 3.30. The highest BCUT2D eigenvalue weighted by Gasteiger charge is 2.18. The molecule has 1 N–H and O–H groups in total. The first-order chi connectivity index (χ1) is 14.0. The maximum atomic E-state index is 14.1. The van der Waals surface area contributed by atoms with Gasteiger partial charge in [0.25, 0.3) is 5.91 Å². The van der Waals surface area contributed by atoms with Gasteiger partial charge in [0, 0.05) is 10.5 Å². The maximum Gasteiger partial charge on any atom is 0.260 e. The molecule has 0 unspecified atom stereocenters. The quantitative estimate of drug-likeness (QED) is 0.480. The zero-order valence-electron chi connectivity index (χ0n) is 15.5. The van der Waals surface area contributed by atoms with Crippen molar-refractivity contribution in [1.29, 1.82) is 0 Å². The minimum atomic E-state index is -0.404. The highest BCUT2D eigenvalue weighted by molar-refractivity contribution is 9.10. The van der Waals surface area contributed by atoms with E-state index in [0.717, 1.165) is 10.0 Å². The molecule has 6 nitrogen and oxygen atoms in total. The van der Waals surface area contributed by atoms with Crippen LogP contribution in [0.15, 0.2) is 71.5 Å². The van der Waals surface area contributed by atoms with Crippen LogP contribution in [0.3, 0.4) is 0 Å². The maximum absolute atomic E-state index is 14.1. The molecule has 1 amide bonds. The van der Waals surface area contributed by atoms with E-state index in [1.165, 1.54) is 16.9 Å². The number of halogens is 2. The van der Waals surface area contributed by atoms with E-state index in [1.807, 2.05) is 24.3 Å². The first-order valence-corrected chi connectivity index (χ1v) is 9.69. The van der Waals surface area contributed by atoms with E-state index in [2.05, 4.69) is 31.4 Å². The van der Waals surface area contributed by atoms with Crippen molar-refractivity contribution < 1.29 is 9.18 Å². The number of benzene rings is 2. The number of aromatic nitrogens is 4. The summed E-state index contributed by atoms with van der Waals surface area (Å²) in [6.07, 6.45) is 3.07. The van der Waals surface area contributed by atoms with Gasteiger partial charge in [-0.25, -0.2) is 13.8 Å². The highest BCUT2D eigenvalue weighted by Crippen LogP contribution is 2.19. The molecule has 146 valence electrons. The van der Waals surface area contributed by atoms with Crippen molar-refractivity contribution in [3.05, 3.63) is 94.1 Å². The molecule has 2 aromatic carbocycles. The largest absolute Gasteiger partial charge is 0.307 e. The predicted molar refractivity (Wildman–Crippen MR) is 112 cm³/mol. The van der Waals surface area contributed by atoms with Crippen LogP contribution >= 0.6 is 15.9 Å². The van der Waals surface area contributed by atoms with Crippen LogP contribution in [-0.2, 0) is 6.54 Å². The van der Waals surface area contributed by atoms with Crippen molar-refractivity contribution in [3.8, 4) is 5.69 Å². The number of carbonyl (C=O) groups is 1. The summed E-state index contributed by atoms with van der Waals surface area (Å²) in [7, 11) is 0. The topological polar surface area (TPSA) is 64.7 Å². The van der Waals surface area contributed by atoms with Crippen LogP contribution in [0.4, 0.5) is 10.2 Å². The fraction of sp³-hybridized carbons (Fsp3) is 0.0952. The van der Waals surface area contributed by atoms with Gasteiger partial charge >= 0.3 is 0 Å². The third-order valence-electron chi connectivity index (χ3n) is 4.54. The molecule has 0 atom stereocenters. The summed E-state index contributed by atoms with van der Waals surface area (Å²) in [4.78, 5) is 12.8. The second-order valence-corrected chi connectivity index (χ2v) is 7.38. The minimum Gasteiger partial charge on any atom is -0.307 e. The van der Waals surface area contributed by atoms with Gasteiger partial charge in [-0.05, 0) is 36.8 Å². The number of nitrogens with one attached hydrogen (secondary N) is 1. The van der Waals surface area contributed by atoms with Crippen molar-refractivity contribution in [2.75, 3.05) is 5.32 Å².